The summed E-state index contributed by atoms with van der Waals surface area (Å²) in [7, 11) is -3.49. The van der Waals surface area contributed by atoms with E-state index in [2.05, 4.69) is 4.72 Å². The quantitative estimate of drug-likeness (QED) is 0.839. The summed E-state index contributed by atoms with van der Waals surface area (Å²) < 4.78 is 25.8. The number of hydrogen-bond donors (Lipinski definition) is 1. The Hall–Kier alpha value is -1.38. The van der Waals surface area contributed by atoms with Gasteiger partial charge in [0, 0.05) is 6.04 Å². The first-order valence-corrected chi connectivity index (χ1v) is 5.96. The number of benzene rings is 1. The van der Waals surface area contributed by atoms with Gasteiger partial charge >= 0.3 is 0 Å². The highest BCUT2D eigenvalue weighted by atomic mass is 32.2. The van der Waals surface area contributed by atoms with Gasteiger partial charge in [0.1, 0.15) is 0 Å². The van der Waals surface area contributed by atoms with E-state index in [4.69, 9.17) is 5.26 Å². The maximum Gasteiger partial charge on any atom is 0.240 e. The lowest BCUT2D eigenvalue weighted by Crippen LogP contribution is -2.30. The van der Waals surface area contributed by atoms with Crippen LogP contribution in [0.4, 0.5) is 0 Å². The molecule has 0 radical (unpaired) electrons. The van der Waals surface area contributed by atoms with Gasteiger partial charge < -0.3 is 0 Å². The second-order valence-electron chi connectivity index (χ2n) is 3.42. The van der Waals surface area contributed by atoms with Crippen molar-refractivity contribution < 1.29 is 8.42 Å². The summed E-state index contributed by atoms with van der Waals surface area (Å²) in [5.41, 5.74) is 0.335. The molecule has 0 atom stereocenters. The predicted molar refractivity (Wildman–Crippen MR) is 56.6 cm³/mol. The molecule has 0 aliphatic rings. The molecule has 1 rings (SSSR count). The Balaban J connectivity index is 3.11. The van der Waals surface area contributed by atoms with Crippen molar-refractivity contribution in [3.8, 4) is 6.07 Å². The molecule has 0 unspecified atom stereocenters. The van der Waals surface area contributed by atoms with E-state index in [1.165, 1.54) is 12.1 Å². The lowest BCUT2D eigenvalue weighted by molar-refractivity contribution is 0.570. The third-order valence-electron chi connectivity index (χ3n) is 1.66. The van der Waals surface area contributed by atoms with E-state index in [0.29, 0.717) is 5.56 Å². The number of nitrogens with one attached hydrogen (secondary N) is 1. The van der Waals surface area contributed by atoms with E-state index < -0.39 is 10.0 Å². The minimum atomic E-state index is -3.49. The van der Waals surface area contributed by atoms with Crippen LogP contribution in [0, 0.1) is 11.3 Å². The highest BCUT2D eigenvalue weighted by Gasteiger charge is 2.15. The molecule has 0 aromatic heterocycles. The Kier molecular flexibility index (Phi) is 3.45. The van der Waals surface area contributed by atoms with Crippen LogP contribution in [0.2, 0.25) is 0 Å². The van der Waals surface area contributed by atoms with Gasteiger partial charge in [0.15, 0.2) is 0 Å². The Morgan fingerprint density at radius 1 is 1.40 bits per heavy atom. The van der Waals surface area contributed by atoms with E-state index in [1.54, 1.807) is 26.0 Å². The van der Waals surface area contributed by atoms with Gasteiger partial charge in [-0.05, 0) is 32.0 Å². The van der Waals surface area contributed by atoms with Crippen LogP contribution in [0.1, 0.15) is 19.4 Å². The fourth-order valence-electron chi connectivity index (χ4n) is 1.11. The standard InChI is InChI=1S/C10H12N2O2S/c1-8(2)12-15(13,14)10-5-3-4-9(6-10)7-11/h3-6,8,12H,1-2H3. The molecule has 4 nitrogen and oxygen atoms in total. The number of sulfonamides is 1. The lowest BCUT2D eigenvalue weighted by atomic mass is 10.2. The first-order valence-electron chi connectivity index (χ1n) is 4.48. The third kappa shape index (κ3) is 3.05. The number of nitriles is 1. The molecule has 80 valence electrons. The average molecular weight is 224 g/mol. The first-order chi connectivity index (χ1) is 6.95. The van der Waals surface area contributed by atoms with Gasteiger partial charge in [-0.3, -0.25) is 0 Å². The molecule has 1 aromatic rings. The molecule has 1 aromatic carbocycles. The van der Waals surface area contributed by atoms with Crippen molar-refractivity contribution in [2.75, 3.05) is 0 Å². The van der Waals surface area contributed by atoms with Crippen molar-refractivity contribution in [3.63, 3.8) is 0 Å². The minimum Gasteiger partial charge on any atom is -0.209 e. The molecule has 0 spiro atoms. The number of hydrogen-bond acceptors (Lipinski definition) is 3. The van der Waals surface area contributed by atoms with Gasteiger partial charge in [-0.2, -0.15) is 5.26 Å². The maximum absolute atomic E-state index is 11.7. The molecule has 0 aliphatic carbocycles. The van der Waals surface area contributed by atoms with E-state index in [0.717, 1.165) is 0 Å². The van der Waals surface area contributed by atoms with Crippen LogP contribution < -0.4 is 4.72 Å². The van der Waals surface area contributed by atoms with Crippen LogP contribution in [0.15, 0.2) is 29.2 Å². The zero-order chi connectivity index (χ0) is 11.5. The Morgan fingerprint density at radius 2 is 2.07 bits per heavy atom. The number of nitrogens with zero attached hydrogens (tertiary/aromatic N) is 1. The van der Waals surface area contributed by atoms with Crippen molar-refractivity contribution in [1.82, 2.24) is 4.72 Å². The summed E-state index contributed by atoms with van der Waals surface area (Å²) >= 11 is 0. The Bertz CT molecular complexity index is 486. The zero-order valence-corrected chi connectivity index (χ0v) is 9.38. The summed E-state index contributed by atoms with van der Waals surface area (Å²) in [6.45, 7) is 3.48. The monoisotopic (exact) mass is 224 g/mol. The fourth-order valence-corrected chi connectivity index (χ4v) is 2.41. The van der Waals surface area contributed by atoms with Gasteiger partial charge in [0.2, 0.25) is 10.0 Å². The lowest BCUT2D eigenvalue weighted by Gasteiger charge is -2.09. The van der Waals surface area contributed by atoms with Crippen molar-refractivity contribution in [2.45, 2.75) is 24.8 Å². The molecule has 1 N–H and O–H groups in total. The van der Waals surface area contributed by atoms with Crippen molar-refractivity contribution in [3.05, 3.63) is 29.8 Å². The molecule has 0 heterocycles. The molecule has 15 heavy (non-hydrogen) atoms. The highest BCUT2D eigenvalue weighted by Crippen LogP contribution is 2.11. The summed E-state index contributed by atoms with van der Waals surface area (Å²) in [4.78, 5) is 0.121. The van der Waals surface area contributed by atoms with Crippen molar-refractivity contribution >= 4 is 10.0 Å². The molecule has 5 heteroatoms. The second kappa shape index (κ2) is 4.43. The van der Waals surface area contributed by atoms with Crippen LogP contribution in [0.3, 0.4) is 0 Å². The van der Waals surface area contributed by atoms with E-state index in [9.17, 15) is 8.42 Å². The zero-order valence-electron chi connectivity index (χ0n) is 8.56. The Labute approximate surface area is 89.6 Å². The van der Waals surface area contributed by atoms with Crippen LogP contribution in [0.25, 0.3) is 0 Å². The van der Waals surface area contributed by atoms with Crippen LogP contribution >= 0.6 is 0 Å². The molecule has 0 saturated heterocycles. The van der Waals surface area contributed by atoms with Crippen molar-refractivity contribution in [2.24, 2.45) is 0 Å². The molecule has 0 fully saturated rings. The van der Waals surface area contributed by atoms with Gasteiger partial charge in [-0.25, -0.2) is 13.1 Å². The molecular weight excluding hydrogens is 212 g/mol. The molecule has 0 saturated carbocycles. The third-order valence-corrected chi connectivity index (χ3v) is 3.32. The van der Waals surface area contributed by atoms with E-state index in [-0.39, 0.29) is 10.9 Å². The smallest absolute Gasteiger partial charge is 0.209 e. The summed E-state index contributed by atoms with van der Waals surface area (Å²) in [5, 5.41) is 8.64. The first kappa shape index (κ1) is 11.7. The van der Waals surface area contributed by atoms with Crippen LogP contribution in [0.5, 0.6) is 0 Å². The number of rotatable bonds is 3. The summed E-state index contributed by atoms with van der Waals surface area (Å²) in [6, 6.07) is 7.66. The van der Waals surface area contributed by atoms with Gasteiger partial charge in [-0.1, -0.05) is 6.07 Å². The second-order valence-corrected chi connectivity index (χ2v) is 5.13. The molecule has 0 amide bonds. The highest BCUT2D eigenvalue weighted by molar-refractivity contribution is 7.89. The van der Waals surface area contributed by atoms with Crippen LogP contribution in [-0.4, -0.2) is 14.5 Å². The fraction of sp³-hybridized carbons (Fsp3) is 0.300. The summed E-state index contributed by atoms with van der Waals surface area (Å²) in [6.07, 6.45) is 0. The van der Waals surface area contributed by atoms with E-state index >= 15 is 0 Å². The summed E-state index contributed by atoms with van der Waals surface area (Å²) in [5.74, 6) is 0. The maximum atomic E-state index is 11.7. The van der Waals surface area contributed by atoms with Gasteiger partial charge in [0.25, 0.3) is 0 Å². The minimum absolute atomic E-state index is 0.121. The van der Waals surface area contributed by atoms with Crippen LogP contribution in [-0.2, 0) is 10.0 Å². The molecular formula is C10H12N2O2S. The van der Waals surface area contributed by atoms with Gasteiger partial charge in [0.05, 0.1) is 16.5 Å². The van der Waals surface area contributed by atoms with Crippen molar-refractivity contribution in [1.29, 1.82) is 5.26 Å². The topological polar surface area (TPSA) is 70.0 Å². The van der Waals surface area contributed by atoms with E-state index in [1.807, 2.05) is 6.07 Å². The average Bonchev–Trinajstić information content (AvgIpc) is 2.16. The SMILES string of the molecule is CC(C)NS(=O)(=O)c1cccc(C#N)c1. The Morgan fingerprint density at radius 3 is 2.60 bits per heavy atom. The molecule has 0 aliphatic heterocycles. The predicted octanol–water partition coefficient (Wildman–Crippen LogP) is 1.24. The largest absolute Gasteiger partial charge is 0.240 e. The molecule has 0 bridgehead atoms. The normalized spacial score (nSPS) is 11.3. The van der Waals surface area contributed by atoms with Gasteiger partial charge in [-0.15, -0.1) is 0 Å².